The summed E-state index contributed by atoms with van der Waals surface area (Å²) >= 11 is 1.47. The molecule has 7 heteroatoms. The number of rotatable bonds is 7. The average Bonchev–Trinajstić information content (AvgIpc) is 3.36. The summed E-state index contributed by atoms with van der Waals surface area (Å²) in [6, 6.07) is 22.0. The summed E-state index contributed by atoms with van der Waals surface area (Å²) < 4.78 is 10.5. The van der Waals surface area contributed by atoms with Gasteiger partial charge in [-0.1, -0.05) is 42.5 Å². The molecule has 0 aliphatic carbocycles. The second-order valence-electron chi connectivity index (χ2n) is 7.08. The van der Waals surface area contributed by atoms with E-state index in [9.17, 15) is 9.59 Å². The van der Waals surface area contributed by atoms with E-state index >= 15 is 0 Å². The minimum Gasteiger partial charge on any atom is -0.493 e. The number of thiophene rings is 1. The molecule has 0 bridgehead atoms. The van der Waals surface area contributed by atoms with E-state index in [1.54, 1.807) is 24.3 Å². The van der Waals surface area contributed by atoms with Gasteiger partial charge in [0.15, 0.2) is 11.5 Å². The summed E-state index contributed by atoms with van der Waals surface area (Å²) in [5.41, 5.74) is 1.13. The van der Waals surface area contributed by atoms with Crippen molar-refractivity contribution < 1.29 is 19.1 Å². The maximum Gasteiger partial charge on any atom is 0.272 e. The monoisotopic (exact) mass is 458 g/mol. The highest BCUT2D eigenvalue weighted by atomic mass is 32.1. The largest absolute Gasteiger partial charge is 0.493 e. The summed E-state index contributed by atoms with van der Waals surface area (Å²) in [6.07, 6.45) is 1.66. The van der Waals surface area contributed by atoms with Crippen LogP contribution in [0.1, 0.15) is 15.2 Å². The van der Waals surface area contributed by atoms with E-state index in [2.05, 4.69) is 10.6 Å². The van der Waals surface area contributed by atoms with E-state index in [1.807, 2.05) is 60.0 Å². The fourth-order valence-electron chi connectivity index (χ4n) is 3.37. The average molecular weight is 459 g/mol. The van der Waals surface area contributed by atoms with Crippen molar-refractivity contribution in [1.29, 1.82) is 0 Å². The molecule has 33 heavy (non-hydrogen) atoms. The van der Waals surface area contributed by atoms with Crippen LogP contribution < -0.4 is 20.1 Å². The van der Waals surface area contributed by atoms with Crippen molar-refractivity contribution in [1.82, 2.24) is 5.32 Å². The van der Waals surface area contributed by atoms with Gasteiger partial charge >= 0.3 is 0 Å². The predicted molar refractivity (Wildman–Crippen MR) is 132 cm³/mol. The lowest BCUT2D eigenvalue weighted by molar-refractivity contribution is -0.113. The molecule has 2 N–H and O–H groups in total. The molecular formula is C26H22N2O4S. The Morgan fingerprint density at radius 2 is 1.67 bits per heavy atom. The molecule has 6 nitrogen and oxygen atoms in total. The van der Waals surface area contributed by atoms with Crippen molar-refractivity contribution in [3.8, 4) is 11.5 Å². The Balaban J connectivity index is 1.63. The molecule has 0 unspecified atom stereocenters. The van der Waals surface area contributed by atoms with E-state index in [0.29, 0.717) is 22.7 Å². The quantitative estimate of drug-likeness (QED) is 0.367. The van der Waals surface area contributed by atoms with Gasteiger partial charge in [0.1, 0.15) is 5.70 Å². The molecule has 2 amide bonds. The molecule has 0 spiro atoms. The molecule has 3 aromatic carbocycles. The van der Waals surface area contributed by atoms with E-state index in [4.69, 9.17) is 9.47 Å². The standard InChI is InChI=1S/C26H22N2O4S/c1-31-23-13-12-18(15-24(23)32-2)25(29)28-22(16-19-9-6-14-33-19)26(30)27-21-11-5-8-17-7-3-4-10-20(17)21/h3-16H,1-2H3,(H,27,30)(H,28,29)/b22-16-. The second-order valence-corrected chi connectivity index (χ2v) is 8.06. The van der Waals surface area contributed by atoms with Gasteiger partial charge in [-0.3, -0.25) is 9.59 Å². The Bertz CT molecular complexity index is 1320. The topological polar surface area (TPSA) is 76.7 Å². The Labute approximate surface area is 195 Å². The number of methoxy groups -OCH3 is 2. The minimum absolute atomic E-state index is 0.130. The summed E-state index contributed by atoms with van der Waals surface area (Å²) in [6.45, 7) is 0. The van der Waals surface area contributed by atoms with E-state index in [-0.39, 0.29) is 5.70 Å². The third-order valence-electron chi connectivity index (χ3n) is 5.01. The summed E-state index contributed by atoms with van der Waals surface area (Å²) in [4.78, 5) is 27.1. The molecule has 1 heterocycles. The highest BCUT2D eigenvalue weighted by Gasteiger charge is 2.17. The van der Waals surface area contributed by atoms with Gasteiger partial charge in [-0.05, 0) is 47.2 Å². The van der Waals surface area contributed by atoms with E-state index < -0.39 is 11.8 Å². The number of amides is 2. The lowest BCUT2D eigenvalue weighted by atomic mass is 10.1. The maximum atomic E-state index is 13.2. The number of hydrogen-bond acceptors (Lipinski definition) is 5. The normalized spacial score (nSPS) is 11.2. The van der Waals surface area contributed by atoms with Crippen molar-refractivity contribution in [2.75, 3.05) is 19.5 Å². The first-order valence-corrected chi connectivity index (χ1v) is 11.0. The van der Waals surface area contributed by atoms with Crippen LogP contribution in [0.2, 0.25) is 0 Å². The number of anilines is 1. The van der Waals surface area contributed by atoms with Crippen LogP contribution in [0.25, 0.3) is 16.8 Å². The fraction of sp³-hybridized carbons (Fsp3) is 0.0769. The number of fused-ring (bicyclic) bond motifs is 1. The van der Waals surface area contributed by atoms with Crippen LogP contribution in [0.15, 0.2) is 83.9 Å². The van der Waals surface area contributed by atoms with E-state index in [0.717, 1.165) is 15.6 Å². The van der Waals surface area contributed by atoms with Crippen LogP contribution >= 0.6 is 11.3 Å². The number of carbonyl (C=O) groups is 2. The molecule has 0 aliphatic rings. The smallest absolute Gasteiger partial charge is 0.272 e. The van der Waals surface area contributed by atoms with Crippen LogP contribution in [0.5, 0.6) is 11.5 Å². The van der Waals surface area contributed by atoms with Gasteiger partial charge in [0, 0.05) is 21.5 Å². The SMILES string of the molecule is COc1ccc(C(=O)N/C(=C\c2cccs2)C(=O)Nc2cccc3ccccc23)cc1OC. The maximum absolute atomic E-state index is 13.2. The Morgan fingerprint density at radius 3 is 2.42 bits per heavy atom. The third-order valence-corrected chi connectivity index (χ3v) is 5.83. The molecule has 166 valence electrons. The lowest BCUT2D eigenvalue weighted by Crippen LogP contribution is -2.30. The molecular weight excluding hydrogens is 436 g/mol. The molecule has 4 aromatic rings. The van der Waals surface area contributed by atoms with Gasteiger partial charge in [0.2, 0.25) is 0 Å². The number of nitrogens with one attached hydrogen (secondary N) is 2. The molecule has 0 fully saturated rings. The predicted octanol–water partition coefficient (Wildman–Crippen LogP) is 5.33. The zero-order chi connectivity index (χ0) is 23.2. The summed E-state index contributed by atoms with van der Waals surface area (Å²) in [5, 5.41) is 9.51. The summed E-state index contributed by atoms with van der Waals surface area (Å²) in [5.74, 6) is 0.0756. The Kier molecular flexibility index (Phi) is 6.71. The van der Waals surface area contributed by atoms with Crippen molar-refractivity contribution >= 4 is 45.7 Å². The molecule has 0 saturated carbocycles. The first kappa shape index (κ1) is 22.1. The number of ether oxygens (including phenoxy) is 2. The third kappa shape index (κ3) is 5.05. The zero-order valence-electron chi connectivity index (χ0n) is 18.1. The van der Waals surface area contributed by atoms with Crippen molar-refractivity contribution in [2.24, 2.45) is 0 Å². The van der Waals surface area contributed by atoms with Crippen LogP contribution in [0.3, 0.4) is 0 Å². The number of carbonyl (C=O) groups excluding carboxylic acids is 2. The van der Waals surface area contributed by atoms with Crippen LogP contribution in [0.4, 0.5) is 5.69 Å². The highest BCUT2D eigenvalue weighted by Crippen LogP contribution is 2.28. The fourth-order valence-corrected chi connectivity index (χ4v) is 4.03. The molecule has 0 aliphatic heterocycles. The lowest BCUT2D eigenvalue weighted by Gasteiger charge is -2.13. The number of hydrogen-bond donors (Lipinski definition) is 2. The van der Waals surface area contributed by atoms with Gasteiger partial charge < -0.3 is 20.1 Å². The first-order chi connectivity index (χ1) is 16.1. The molecule has 0 radical (unpaired) electrons. The number of benzene rings is 3. The van der Waals surface area contributed by atoms with Gasteiger partial charge in [-0.15, -0.1) is 11.3 Å². The van der Waals surface area contributed by atoms with Gasteiger partial charge in [0.05, 0.1) is 14.2 Å². The van der Waals surface area contributed by atoms with Crippen LogP contribution in [-0.2, 0) is 4.79 Å². The molecule has 1 aromatic heterocycles. The second kappa shape index (κ2) is 10.0. The zero-order valence-corrected chi connectivity index (χ0v) is 18.9. The van der Waals surface area contributed by atoms with Gasteiger partial charge in [-0.2, -0.15) is 0 Å². The van der Waals surface area contributed by atoms with Gasteiger partial charge in [0.25, 0.3) is 11.8 Å². The van der Waals surface area contributed by atoms with Gasteiger partial charge in [-0.25, -0.2) is 0 Å². The van der Waals surface area contributed by atoms with Crippen molar-refractivity contribution in [2.45, 2.75) is 0 Å². The molecule has 0 saturated heterocycles. The summed E-state index contributed by atoms with van der Waals surface area (Å²) in [7, 11) is 3.02. The van der Waals surface area contributed by atoms with Crippen LogP contribution in [-0.4, -0.2) is 26.0 Å². The van der Waals surface area contributed by atoms with Crippen molar-refractivity contribution in [3.63, 3.8) is 0 Å². The first-order valence-electron chi connectivity index (χ1n) is 10.2. The minimum atomic E-state index is -0.438. The highest BCUT2D eigenvalue weighted by molar-refractivity contribution is 7.10. The van der Waals surface area contributed by atoms with Crippen molar-refractivity contribution in [3.05, 3.63) is 94.3 Å². The molecule has 4 rings (SSSR count). The van der Waals surface area contributed by atoms with Crippen LogP contribution in [0, 0.1) is 0 Å². The van der Waals surface area contributed by atoms with E-state index in [1.165, 1.54) is 25.6 Å². The Morgan fingerprint density at radius 1 is 0.879 bits per heavy atom. The Hall–Kier alpha value is -4.10. The molecule has 0 atom stereocenters.